The Balaban J connectivity index is 1.60. The maximum atomic E-state index is 2.83. The fraction of sp³-hybridized carbons (Fsp3) is 1.00. The molecule has 0 bridgehead atoms. The first kappa shape index (κ1) is 20.3. The van der Waals surface area contributed by atoms with E-state index in [0.717, 1.165) is 41.4 Å². The summed E-state index contributed by atoms with van der Waals surface area (Å²) in [5, 5.41) is 0. The second-order valence-electron chi connectivity index (χ2n) is 11.6. The molecule has 0 heterocycles. The fourth-order valence-electron chi connectivity index (χ4n) is 8.99. The van der Waals surface area contributed by atoms with Gasteiger partial charge in [0.2, 0.25) is 0 Å². The molecule has 4 aliphatic rings. The van der Waals surface area contributed by atoms with Crippen molar-refractivity contribution >= 4 is 0 Å². The van der Waals surface area contributed by atoms with Crippen LogP contribution in [0, 0.1) is 46.8 Å². The minimum absolute atomic E-state index is 0.627. The predicted octanol–water partition coefficient (Wildman–Crippen LogP) is 8.64. The Hall–Kier alpha value is 0. The summed E-state index contributed by atoms with van der Waals surface area (Å²) in [6.07, 6.45) is 24.5. The van der Waals surface area contributed by atoms with Gasteiger partial charge in [-0.3, -0.25) is 0 Å². The largest absolute Gasteiger partial charge is 0.0620 e. The maximum Gasteiger partial charge on any atom is -0.0236 e. The Morgan fingerprint density at radius 3 is 1.81 bits per heavy atom. The molecule has 0 heteroatoms. The van der Waals surface area contributed by atoms with Gasteiger partial charge >= 0.3 is 0 Å². The van der Waals surface area contributed by atoms with Crippen LogP contribution in [0.4, 0.5) is 0 Å². The van der Waals surface area contributed by atoms with Gasteiger partial charge in [0, 0.05) is 0 Å². The van der Waals surface area contributed by atoms with E-state index in [1.807, 2.05) is 0 Å². The van der Waals surface area contributed by atoms with E-state index in [9.17, 15) is 0 Å². The third-order valence-electron chi connectivity index (χ3n) is 10.7. The molecule has 4 saturated carbocycles. The van der Waals surface area contributed by atoms with Gasteiger partial charge < -0.3 is 0 Å². The van der Waals surface area contributed by atoms with Crippen LogP contribution in [0.1, 0.15) is 124 Å². The summed E-state index contributed by atoms with van der Waals surface area (Å²) in [6, 6.07) is 0. The molecule has 6 unspecified atom stereocenters. The van der Waals surface area contributed by atoms with E-state index >= 15 is 0 Å². The first-order valence-electron chi connectivity index (χ1n) is 13.1. The Bertz CT molecular complexity index is 455. The van der Waals surface area contributed by atoms with E-state index in [4.69, 9.17) is 0 Å². The van der Waals surface area contributed by atoms with Crippen molar-refractivity contribution < 1.29 is 0 Å². The van der Waals surface area contributed by atoms with Gasteiger partial charge in [-0.2, -0.15) is 0 Å². The summed E-state index contributed by atoms with van der Waals surface area (Å²) < 4.78 is 0. The summed E-state index contributed by atoms with van der Waals surface area (Å²) in [5.41, 5.74) is 0.627. The summed E-state index contributed by atoms with van der Waals surface area (Å²) >= 11 is 0. The number of fused-ring (bicyclic) bond motifs is 1. The minimum atomic E-state index is 0.627. The molecule has 0 aliphatic heterocycles. The number of hydrogen-bond acceptors (Lipinski definition) is 0. The first-order valence-corrected chi connectivity index (χ1v) is 13.1. The van der Waals surface area contributed by atoms with E-state index in [1.54, 1.807) is 51.4 Å². The van der Waals surface area contributed by atoms with Gasteiger partial charge in [0.1, 0.15) is 0 Å². The molecule has 0 aromatic rings. The normalized spacial score (nSPS) is 41.7. The lowest BCUT2D eigenvalue weighted by molar-refractivity contribution is -0.113. The van der Waals surface area contributed by atoms with Crippen LogP contribution in [0.2, 0.25) is 0 Å². The van der Waals surface area contributed by atoms with Gasteiger partial charge in [-0.15, -0.1) is 0 Å². The van der Waals surface area contributed by atoms with Crippen LogP contribution in [0.5, 0.6) is 0 Å². The first-order chi connectivity index (χ1) is 13.1. The van der Waals surface area contributed by atoms with E-state index < -0.39 is 0 Å². The van der Waals surface area contributed by atoms with Gasteiger partial charge in [-0.25, -0.2) is 0 Å². The van der Waals surface area contributed by atoms with Crippen LogP contribution in [-0.2, 0) is 0 Å². The van der Waals surface area contributed by atoms with Crippen LogP contribution >= 0.6 is 0 Å². The van der Waals surface area contributed by atoms with Crippen molar-refractivity contribution in [2.24, 2.45) is 46.8 Å². The Morgan fingerprint density at radius 2 is 1.15 bits per heavy atom. The minimum Gasteiger partial charge on any atom is -0.0620 e. The van der Waals surface area contributed by atoms with Gasteiger partial charge in [0.05, 0.1) is 0 Å². The highest BCUT2D eigenvalue weighted by molar-refractivity contribution is 5.03. The molecule has 6 atom stereocenters. The Labute approximate surface area is 170 Å². The van der Waals surface area contributed by atoms with E-state index in [1.165, 1.54) is 51.4 Å². The molecule has 156 valence electrons. The quantitative estimate of drug-likeness (QED) is 0.463. The average molecular weight is 373 g/mol. The average Bonchev–Trinajstić information content (AvgIpc) is 2.74. The molecule has 0 N–H and O–H groups in total. The van der Waals surface area contributed by atoms with Crippen LogP contribution < -0.4 is 0 Å². The smallest absolute Gasteiger partial charge is 0.0236 e. The zero-order valence-electron chi connectivity index (χ0n) is 18.9. The SMILES string of the molecule is CC(C1CCCCC1)C1CCC2CCCCC2C1(C)C(C)C1CCCCC1. The highest BCUT2D eigenvalue weighted by Gasteiger charge is 2.54. The molecule has 27 heavy (non-hydrogen) atoms. The molecule has 0 spiro atoms. The van der Waals surface area contributed by atoms with E-state index in [0.29, 0.717) is 5.41 Å². The van der Waals surface area contributed by atoms with Crippen molar-refractivity contribution in [1.29, 1.82) is 0 Å². The molecule has 0 nitrogen and oxygen atoms in total. The van der Waals surface area contributed by atoms with Crippen LogP contribution in [0.15, 0.2) is 0 Å². The molecular formula is C27H48. The van der Waals surface area contributed by atoms with Crippen molar-refractivity contribution in [1.82, 2.24) is 0 Å². The van der Waals surface area contributed by atoms with Gasteiger partial charge in [-0.1, -0.05) is 104 Å². The fourth-order valence-corrected chi connectivity index (χ4v) is 8.99. The van der Waals surface area contributed by atoms with Crippen molar-refractivity contribution in [3.05, 3.63) is 0 Å². The van der Waals surface area contributed by atoms with Crippen LogP contribution in [0.25, 0.3) is 0 Å². The molecule has 0 amide bonds. The van der Waals surface area contributed by atoms with Crippen molar-refractivity contribution in [2.45, 2.75) is 124 Å². The molecule has 4 rings (SSSR count). The van der Waals surface area contributed by atoms with Crippen molar-refractivity contribution in [3.63, 3.8) is 0 Å². The van der Waals surface area contributed by atoms with E-state index in [-0.39, 0.29) is 0 Å². The monoisotopic (exact) mass is 372 g/mol. The Kier molecular flexibility index (Phi) is 6.60. The highest BCUT2D eigenvalue weighted by atomic mass is 14.6. The second-order valence-corrected chi connectivity index (χ2v) is 11.6. The summed E-state index contributed by atoms with van der Waals surface area (Å²) in [4.78, 5) is 0. The summed E-state index contributed by atoms with van der Waals surface area (Å²) in [5.74, 6) is 7.14. The van der Waals surface area contributed by atoms with Crippen LogP contribution in [0.3, 0.4) is 0 Å². The molecule has 4 aliphatic carbocycles. The van der Waals surface area contributed by atoms with Gasteiger partial charge in [-0.05, 0) is 66.1 Å². The molecular weight excluding hydrogens is 324 g/mol. The van der Waals surface area contributed by atoms with Crippen molar-refractivity contribution in [2.75, 3.05) is 0 Å². The lowest BCUT2D eigenvalue weighted by Gasteiger charge is -2.60. The number of rotatable bonds is 4. The summed E-state index contributed by atoms with van der Waals surface area (Å²) in [6.45, 7) is 8.27. The third-order valence-corrected chi connectivity index (χ3v) is 10.7. The molecule has 4 fully saturated rings. The van der Waals surface area contributed by atoms with Gasteiger partial charge in [0.15, 0.2) is 0 Å². The zero-order valence-corrected chi connectivity index (χ0v) is 18.9. The van der Waals surface area contributed by atoms with E-state index in [2.05, 4.69) is 20.8 Å². The second kappa shape index (κ2) is 8.79. The summed E-state index contributed by atoms with van der Waals surface area (Å²) in [7, 11) is 0. The zero-order chi connectivity index (χ0) is 18.9. The highest BCUT2D eigenvalue weighted by Crippen LogP contribution is 2.62. The molecule has 0 aromatic heterocycles. The van der Waals surface area contributed by atoms with Gasteiger partial charge in [0.25, 0.3) is 0 Å². The van der Waals surface area contributed by atoms with Crippen LogP contribution in [-0.4, -0.2) is 0 Å². The molecule has 0 radical (unpaired) electrons. The van der Waals surface area contributed by atoms with Crippen molar-refractivity contribution in [3.8, 4) is 0 Å². The maximum absolute atomic E-state index is 2.83. The Morgan fingerprint density at radius 1 is 0.593 bits per heavy atom. The third kappa shape index (κ3) is 3.90. The number of hydrogen-bond donors (Lipinski definition) is 0. The lowest BCUT2D eigenvalue weighted by Crippen LogP contribution is -2.53. The lowest BCUT2D eigenvalue weighted by atomic mass is 9.45. The standard InChI is InChI=1S/C27H48/c1-20(22-12-6-4-7-13-22)25-19-18-24-16-10-11-17-26(24)27(25,3)21(2)23-14-8-5-9-15-23/h20-26H,4-19H2,1-3H3. The predicted molar refractivity (Wildman–Crippen MR) is 118 cm³/mol. The topological polar surface area (TPSA) is 0 Å². The molecule has 0 saturated heterocycles. The molecule has 0 aromatic carbocycles.